The second-order valence-electron chi connectivity index (χ2n) is 13.2. The van der Waals surface area contributed by atoms with Crippen molar-refractivity contribution in [1.29, 1.82) is 0 Å². The fourth-order valence-corrected chi connectivity index (χ4v) is 7.38. The number of aliphatic hydroxyl groups excluding tert-OH is 1. The molecule has 9 aromatic rings. The number of nitrogens with zero attached hydrogens (tertiary/aromatic N) is 5. The Balaban J connectivity index is 0.000000176. The van der Waals surface area contributed by atoms with Gasteiger partial charge >= 0.3 is 38.2 Å². The number of aliphatic hydroxyl groups is 1. The van der Waals surface area contributed by atoms with Crippen LogP contribution in [0.1, 0.15) is 28.5 Å². The van der Waals surface area contributed by atoms with E-state index in [1.54, 1.807) is 18.2 Å². The minimum absolute atomic E-state index is 0. The van der Waals surface area contributed by atoms with Crippen LogP contribution in [0.2, 0.25) is 30.1 Å². The van der Waals surface area contributed by atoms with Crippen LogP contribution in [0.25, 0.3) is 54.5 Å². The molecule has 61 heavy (non-hydrogen) atoms. The van der Waals surface area contributed by atoms with Crippen LogP contribution >= 0.6 is 69.6 Å². The summed E-state index contributed by atoms with van der Waals surface area (Å²) >= 11 is 34.9. The van der Waals surface area contributed by atoms with E-state index in [0.29, 0.717) is 47.8 Å². The van der Waals surface area contributed by atoms with Gasteiger partial charge in [-0.2, -0.15) is 0 Å². The first-order valence-electron chi connectivity index (χ1n) is 17.9. The van der Waals surface area contributed by atoms with Crippen molar-refractivity contribution in [2.45, 2.75) is 34.6 Å². The molecule has 0 amide bonds. The Labute approximate surface area is 412 Å². The molecule has 16 heteroatoms. The van der Waals surface area contributed by atoms with Gasteiger partial charge in [0, 0.05) is 77.6 Å². The van der Waals surface area contributed by atoms with E-state index in [2.05, 4.69) is 49.2 Å². The van der Waals surface area contributed by atoms with E-state index < -0.39 is 0 Å². The summed E-state index contributed by atoms with van der Waals surface area (Å²) < 4.78 is 0. The van der Waals surface area contributed by atoms with Crippen LogP contribution < -0.4 is 15.3 Å². The number of hydrogen-bond acceptors (Lipinski definition) is 9. The van der Waals surface area contributed by atoms with Gasteiger partial charge in [-0.05, 0) is 101 Å². The summed E-state index contributed by atoms with van der Waals surface area (Å²) in [4.78, 5) is 21.5. The zero-order valence-electron chi connectivity index (χ0n) is 33.2. The normalized spacial score (nSPS) is 10.4. The van der Waals surface area contributed by atoms with Crippen LogP contribution in [0, 0.1) is 72.8 Å². The first-order valence-corrected chi connectivity index (χ1v) is 20.1. The second-order valence-corrected chi connectivity index (χ2v) is 15.6. The molecule has 1 N–H and O–H groups in total. The third-order valence-corrected chi connectivity index (χ3v) is 10.5. The SMILES string of the molecule is CO.Cc1ccc2c(Cl)cc(Cl)c([O-])c2n1.Cc1ccc2c(Cl)cc(Cl)c([O-])c2n1.Cc1ccc2c(Cl)cc(Cl)c([O-])c2n1.Cc1ccc2ccc3ccc(C)nc3c2n1.[Dy+3]. The molecule has 0 saturated carbocycles. The van der Waals surface area contributed by atoms with Gasteiger partial charge in [-0.3, -0.25) is 24.9 Å². The second kappa shape index (κ2) is 22.1. The molecule has 0 fully saturated rings. The minimum Gasteiger partial charge on any atom is -0.870 e. The number of halogens is 6. The van der Waals surface area contributed by atoms with Crippen molar-refractivity contribution in [3.05, 3.63) is 150 Å². The van der Waals surface area contributed by atoms with Gasteiger partial charge in [-0.1, -0.05) is 111 Å². The molecule has 5 aromatic heterocycles. The van der Waals surface area contributed by atoms with Gasteiger partial charge in [-0.15, -0.1) is 0 Å². The van der Waals surface area contributed by atoms with Gasteiger partial charge in [0.05, 0.1) is 42.7 Å². The Kier molecular flexibility index (Phi) is 18.1. The van der Waals surface area contributed by atoms with Crippen LogP contribution in [-0.2, 0) is 0 Å². The molecule has 0 bridgehead atoms. The maximum Gasteiger partial charge on any atom is 3.00 e. The average Bonchev–Trinajstić information content (AvgIpc) is 3.22. The summed E-state index contributed by atoms with van der Waals surface area (Å²) in [5, 5.41) is 47.7. The summed E-state index contributed by atoms with van der Waals surface area (Å²) in [6.07, 6.45) is 0. The molecule has 0 aliphatic heterocycles. The van der Waals surface area contributed by atoms with E-state index in [1.807, 2.05) is 65.0 Å². The van der Waals surface area contributed by atoms with Crippen LogP contribution in [0.15, 0.2) is 91.0 Å². The van der Waals surface area contributed by atoms with Gasteiger partial charge in [0.15, 0.2) is 0 Å². The van der Waals surface area contributed by atoms with Crippen LogP contribution in [0.5, 0.6) is 17.2 Å². The van der Waals surface area contributed by atoms with Gasteiger partial charge in [0.2, 0.25) is 0 Å². The van der Waals surface area contributed by atoms with Gasteiger partial charge in [0.1, 0.15) is 0 Å². The standard InChI is InChI=1S/C14H12N2.3C10H7Cl2NO.CH4O.Dy/c1-9-3-5-11-7-8-12-6-4-10(2)16-14(12)13(11)15-9;3*1-5-2-3-6-7(11)4-8(12)10(14)9(6)13-5;1-2;/h3-8H,1-2H3;3*2-4,14H,1H3;2H,1H3;/q;;;;;+3/p-3. The van der Waals surface area contributed by atoms with Crippen molar-refractivity contribution in [2.75, 3.05) is 7.11 Å². The molecule has 315 valence electrons. The van der Waals surface area contributed by atoms with E-state index in [1.165, 1.54) is 18.2 Å². The first kappa shape index (κ1) is 50.0. The van der Waals surface area contributed by atoms with Crippen LogP contribution in [0.3, 0.4) is 0 Å². The summed E-state index contributed by atoms with van der Waals surface area (Å²) in [6.45, 7) is 9.46. The molecule has 0 unspecified atom stereocenters. The molecule has 9 rings (SSSR count). The summed E-state index contributed by atoms with van der Waals surface area (Å²) in [5.41, 5.74) is 7.38. The quantitative estimate of drug-likeness (QED) is 0.146. The number of rotatable bonds is 0. The molecule has 9 nitrogen and oxygen atoms in total. The minimum atomic E-state index is -0.269. The molecular formula is C45H34Cl6DyN5O4. The van der Waals surface area contributed by atoms with Crippen molar-refractivity contribution < 1.29 is 58.6 Å². The topological polar surface area (TPSA) is 154 Å². The molecule has 0 atom stereocenters. The Morgan fingerprint density at radius 3 is 0.820 bits per heavy atom. The monoisotopic (exact) mass is 1080 g/mol. The Morgan fingerprint density at radius 1 is 0.344 bits per heavy atom. The maximum absolute atomic E-state index is 11.6. The largest absolute Gasteiger partial charge is 3.00 e. The first-order chi connectivity index (χ1) is 28.5. The molecule has 0 saturated heterocycles. The third-order valence-electron chi connectivity index (χ3n) is 8.73. The molecule has 0 spiro atoms. The van der Waals surface area contributed by atoms with Crippen LogP contribution in [0.4, 0.5) is 0 Å². The third kappa shape index (κ3) is 11.9. The molecule has 1 radical (unpaired) electrons. The van der Waals surface area contributed by atoms with Crippen molar-refractivity contribution in [1.82, 2.24) is 24.9 Å². The predicted octanol–water partition coefficient (Wildman–Crippen LogP) is 11.8. The van der Waals surface area contributed by atoms with Gasteiger partial charge in [-0.25, -0.2) is 0 Å². The zero-order chi connectivity index (χ0) is 44.0. The molecule has 5 heterocycles. The van der Waals surface area contributed by atoms with E-state index in [9.17, 15) is 15.3 Å². The molecule has 4 aromatic carbocycles. The van der Waals surface area contributed by atoms with Crippen LogP contribution in [-0.4, -0.2) is 37.1 Å². The number of aromatic nitrogens is 5. The molecular weight excluding hydrogens is 1050 g/mol. The fourth-order valence-electron chi connectivity index (χ4n) is 5.83. The van der Waals surface area contributed by atoms with Crippen molar-refractivity contribution in [2.24, 2.45) is 0 Å². The average molecular weight is 1080 g/mol. The number of hydrogen-bond donors (Lipinski definition) is 1. The number of pyridine rings is 5. The van der Waals surface area contributed by atoms with Gasteiger partial charge < -0.3 is 20.4 Å². The summed E-state index contributed by atoms with van der Waals surface area (Å²) in [5.74, 6) is -0.806. The number of benzene rings is 4. The summed E-state index contributed by atoms with van der Waals surface area (Å²) in [6, 6.07) is 27.6. The Bertz CT molecular complexity index is 2760. The zero-order valence-corrected chi connectivity index (χ0v) is 39.7. The number of fused-ring (bicyclic) bond motifs is 6. The smallest absolute Gasteiger partial charge is 0.870 e. The molecule has 0 aliphatic rings. The van der Waals surface area contributed by atoms with E-state index >= 15 is 0 Å². The molecule has 0 aliphatic carbocycles. The Hall–Kier alpha value is -3.70. The van der Waals surface area contributed by atoms with Gasteiger partial charge in [0.25, 0.3) is 0 Å². The fraction of sp³-hybridized carbons (Fsp3) is 0.133. The maximum atomic E-state index is 11.6. The van der Waals surface area contributed by atoms with E-state index in [0.717, 1.165) is 57.4 Å². The summed E-state index contributed by atoms with van der Waals surface area (Å²) in [7, 11) is 1.00. The van der Waals surface area contributed by atoms with Crippen molar-refractivity contribution in [3.63, 3.8) is 0 Å². The van der Waals surface area contributed by atoms with E-state index in [-0.39, 0.29) is 70.5 Å². The van der Waals surface area contributed by atoms with Crippen molar-refractivity contribution >= 4 is 124 Å². The number of aryl methyl sites for hydroxylation is 5. The predicted molar refractivity (Wildman–Crippen MR) is 242 cm³/mol. The van der Waals surface area contributed by atoms with Crippen molar-refractivity contribution in [3.8, 4) is 17.2 Å². The Morgan fingerprint density at radius 2 is 0.557 bits per heavy atom. The van der Waals surface area contributed by atoms with E-state index in [4.69, 9.17) is 74.7 Å².